The van der Waals surface area contributed by atoms with Crippen molar-refractivity contribution in [2.45, 2.75) is 25.2 Å². The molecule has 0 amide bonds. The maximum absolute atomic E-state index is 15.4. The van der Waals surface area contributed by atoms with Crippen LogP contribution in [0.25, 0.3) is 11.1 Å². The Morgan fingerprint density at radius 1 is 1.23 bits per heavy atom. The van der Waals surface area contributed by atoms with Gasteiger partial charge in [0, 0.05) is 22.7 Å². The Hall–Kier alpha value is -2.33. The number of carbonyl (C=O) groups excluding carboxylic acids is 1. The van der Waals surface area contributed by atoms with Gasteiger partial charge in [-0.15, -0.1) is 0 Å². The summed E-state index contributed by atoms with van der Waals surface area (Å²) in [6.07, 6.45) is 0.933. The lowest BCUT2D eigenvalue weighted by Gasteiger charge is -2.42. The first-order valence-corrected chi connectivity index (χ1v) is 11.4. The molecular formula is C20H18ClF2NO5S. The molecule has 30 heavy (non-hydrogen) atoms. The Morgan fingerprint density at radius 3 is 2.40 bits per heavy atom. The molecule has 0 aromatic heterocycles. The Labute approximate surface area is 176 Å². The van der Waals surface area contributed by atoms with Gasteiger partial charge in [0.1, 0.15) is 12.0 Å². The predicted molar refractivity (Wildman–Crippen MR) is 109 cm³/mol. The number of hydrogen-bond donors (Lipinski definition) is 0. The Morgan fingerprint density at radius 2 is 1.87 bits per heavy atom. The highest BCUT2D eigenvalue weighted by atomic mass is 35.7. The number of fused-ring (bicyclic) bond motifs is 1. The fourth-order valence-electron chi connectivity index (χ4n) is 3.42. The topological polar surface area (TPSA) is 83.5 Å². The number of nitrogens with zero attached hydrogens (tertiary/aromatic N) is 1. The molecule has 0 fully saturated rings. The van der Waals surface area contributed by atoms with E-state index in [2.05, 4.69) is 0 Å². The molecule has 0 saturated carbocycles. The molecule has 10 heteroatoms. The van der Waals surface area contributed by atoms with Crippen LogP contribution in [-0.2, 0) is 25.0 Å². The van der Waals surface area contributed by atoms with Crippen molar-refractivity contribution in [1.82, 2.24) is 4.65 Å². The number of carbonyl (C=O) groups is 1. The SMILES string of the molecule is CCOC(=O)C1=C[N+]([O-])(CC)c2c(cc(F)c(-c3ccc(S(=O)(=O)Cl)cc3)c2F)C1. The standard InChI is InChI=1S/C20H18ClF2NO5S/c1-3-24(26)11-14(20(25)29-4-2)9-13-10-16(22)17(18(23)19(13)24)12-5-7-15(8-6-12)30(21,27)28/h5-8,10-11H,3-4,9H2,1-2H3. The van der Waals surface area contributed by atoms with Crippen LogP contribution in [0.15, 0.2) is 47.0 Å². The smallest absolute Gasteiger partial charge is 0.339 e. The van der Waals surface area contributed by atoms with E-state index in [4.69, 9.17) is 15.4 Å². The van der Waals surface area contributed by atoms with Crippen LogP contribution in [0.1, 0.15) is 19.4 Å². The second kappa shape index (κ2) is 8.07. The van der Waals surface area contributed by atoms with Gasteiger partial charge in [0.15, 0.2) is 11.5 Å². The zero-order chi connectivity index (χ0) is 22.3. The van der Waals surface area contributed by atoms with Crippen molar-refractivity contribution in [2.75, 3.05) is 13.2 Å². The summed E-state index contributed by atoms with van der Waals surface area (Å²) < 4.78 is 56.7. The lowest BCUT2D eigenvalue weighted by molar-refractivity contribution is -0.138. The summed E-state index contributed by atoms with van der Waals surface area (Å²) >= 11 is 0. The molecule has 2 aromatic rings. The molecule has 6 nitrogen and oxygen atoms in total. The summed E-state index contributed by atoms with van der Waals surface area (Å²) in [5.74, 6) is -2.72. The number of halogens is 3. The molecule has 1 aliphatic rings. The summed E-state index contributed by atoms with van der Waals surface area (Å²) in [7, 11) is 1.27. The number of quaternary nitrogens is 1. The minimum Gasteiger partial charge on any atom is -0.622 e. The normalized spacial score (nSPS) is 18.5. The van der Waals surface area contributed by atoms with Gasteiger partial charge in [-0.3, -0.25) is 4.65 Å². The van der Waals surface area contributed by atoms with Crippen LogP contribution in [0, 0.1) is 16.8 Å². The third-order valence-electron chi connectivity index (χ3n) is 4.83. The van der Waals surface area contributed by atoms with E-state index in [0.717, 1.165) is 24.4 Å². The average molecular weight is 458 g/mol. The van der Waals surface area contributed by atoms with Crippen LogP contribution in [0.2, 0.25) is 0 Å². The number of benzene rings is 2. The van der Waals surface area contributed by atoms with Gasteiger partial charge in [-0.1, -0.05) is 12.1 Å². The molecule has 0 spiro atoms. The lowest BCUT2D eigenvalue weighted by atomic mass is 9.93. The second-order valence-corrected chi connectivity index (χ2v) is 9.25. The number of hydrogen-bond acceptors (Lipinski definition) is 5. The highest BCUT2D eigenvalue weighted by molar-refractivity contribution is 8.13. The maximum atomic E-state index is 15.4. The molecule has 160 valence electrons. The molecular weight excluding hydrogens is 440 g/mol. The minimum absolute atomic E-state index is 0.0319. The quantitative estimate of drug-likeness (QED) is 0.288. The van der Waals surface area contributed by atoms with Crippen molar-refractivity contribution in [3.63, 3.8) is 0 Å². The van der Waals surface area contributed by atoms with Gasteiger partial charge >= 0.3 is 5.97 Å². The van der Waals surface area contributed by atoms with E-state index in [1.54, 1.807) is 6.92 Å². The van der Waals surface area contributed by atoms with E-state index in [-0.39, 0.29) is 46.9 Å². The van der Waals surface area contributed by atoms with Gasteiger partial charge in [-0.25, -0.2) is 17.6 Å². The first-order valence-electron chi connectivity index (χ1n) is 9.06. The van der Waals surface area contributed by atoms with E-state index in [1.807, 2.05) is 0 Å². The van der Waals surface area contributed by atoms with Crippen molar-refractivity contribution in [2.24, 2.45) is 0 Å². The summed E-state index contributed by atoms with van der Waals surface area (Å²) in [6, 6.07) is 5.67. The summed E-state index contributed by atoms with van der Waals surface area (Å²) in [4.78, 5) is 11.9. The maximum Gasteiger partial charge on any atom is 0.339 e. The number of rotatable bonds is 5. The Balaban J connectivity index is 2.16. The Bertz CT molecular complexity index is 1150. The first-order chi connectivity index (χ1) is 14.0. The largest absolute Gasteiger partial charge is 0.622 e. The van der Waals surface area contributed by atoms with E-state index in [1.165, 1.54) is 19.1 Å². The van der Waals surface area contributed by atoms with Gasteiger partial charge < -0.3 is 9.94 Å². The van der Waals surface area contributed by atoms with E-state index in [0.29, 0.717) is 0 Å². The van der Waals surface area contributed by atoms with Crippen molar-refractivity contribution in [3.8, 4) is 11.1 Å². The van der Waals surface area contributed by atoms with Crippen LogP contribution in [0.3, 0.4) is 0 Å². The van der Waals surface area contributed by atoms with E-state index >= 15 is 4.39 Å². The van der Waals surface area contributed by atoms with Crippen molar-refractivity contribution < 1.29 is 26.7 Å². The molecule has 1 atom stereocenters. The highest BCUT2D eigenvalue weighted by Crippen LogP contribution is 2.42. The van der Waals surface area contributed by atoms with Crippen LogP contribution in [0.5, 0.6) is 0 Å². The van der Waals surface area contributed by atoms with Crippen molar-refractivity contribution in [1.29, 1.82) is 0 Å². The molecule has 1 unspecified atom stereocenters. The number of esters is 1. The highest BCUT2D eigenvalue weighted by Gasteiger charge is 2.36. The predicted octanol–water partition coefficient (Wildman–Crippen LogP) is 4.39. The van der Waals surface area contributed by atoms with Crippen molar-refractivity contribution in [3.05, 3.63) is 64.5 Å². The van der Waals surface area contributed by atoms with E-state index < -0.39 is 36.9 Å². The third kappa shape index (κ3) is 3.98. The third-order valence-corrected chi connectivity index (χ3v) is 6.20. The summed E-state index contributed by atoms with van der Waals surface area (Å²) in [5.41, 5.74) is -0.636. The molecule has 1 heterocycles. The minimum atomic E-state index is -4.00. The molecule has 3 rings (SSSR count). The number of hydroxylamine groups is 2. The van der Waals surface area contributed by atoms with Crippen LogP contribution >= 0.6 is 10.7 Å². The van der Waals surface area contributed by atoms with Gasteiger partial charge in [0.2, 0.25) is 0 Å². The fourth-order valence-corrected chi connectivity index (χ4v) is 4.19. The monoisotopic (exact) mass is 457 g/mol. The molecule has 0 saturated heterocycles. The van der Waals surface area contributed by atoms with Gasteiger partial charge in [-0.2, -0.15) is 4.39 Å². The molecule has 1 aliphatic heterocycles. The molecule has 0 radical (unpaired) electrons. The van der Waals surface area contributed by atoms with Crippen molar-refractivity contribution >= 4 is 31.4 Å². The molecule has 0 N–H and O–H groups in total. The molecule has 2 aromatic carbocycles. The fraction of sp³-hybridized carbons (Fsp3) is 0.250. The van der Waals surface area contributed by atoms with Gasteiger partial charge in [-0.05, 0) is 37.6 Å². The Kier molecular flexibility index (Phi) is 6.01. The van der Waals surface area contributed by atoms with Crippen LogP contribution in [0.4, 0.5) is 14.5 Å². The average Bonchev–Trinajstić information content (AvgIpc) is 2.67. The lowest BCUT2D eigenvalue weighted by Crippen LogP contribution is -2.42. The zero-order valence-electron chi connectivity index (χ0n) is 16.1. The molecule has 0 bridgehead atoms. The van der Waals surface area contributed by atoms with E-state index in [9.17, 15) is 22.8 Å². The second-order valence-electron chi connectivity index (χ2n) is 6.68. The van der Waals surface area contributed by atoms with Crippen LogP contribution < -0.4 is 4.65 Å². The van der Waals surface area contributed by atoms with Crippen LogP contribution in [-0.4, -0.2) is 27.5 Å². The molecule has 0 aliphatic carbocycles. The zero-order valence-corrected chi connectivity index (χ0v) is 17.7. The van der Waals surface area contributed by atoms with Gasteiger partial charge in [0.05, 0.1) is 29.2 Å². The summed E-state index contributed by atoms with van der Waals surface area (Å²) in [6.45, 7) is 3.09. The first kappa shape index (κ1) is 22.4. The number of ether oxygens (including phenoxy) is 1. The van der Waals surface area contributed by atoms with Gasteiger partial charge in [0.25, 0.3) is 9.05 Å². The summed E-state index contributed by atoms with van der Waals surface area (Å²) in [5, 5.41) is 13.3.